The van der Waals surface area contributed by atoms with Crippen LogP contribution in [0.4, 0.5) is 16.2 Å². The molecule has 0 radical (unpaired) electrons. The van der Waals surface area contributed by atoms with Crippen molar-refractivity contribution in [2.75, 3.05) is 17.1 Å². The summed E-state index contributed by atoms with van der Waals surface area (Å²) in [6.07, 6.45) is 0. The van der Waals surface area contributed by atoms with Crippen LogP contribution in [0.2, 0.25) is 0 Å². The molecule has 9 heteroatoms. The molecular formula is C17H17N3O5S. The Hall–Kier alpha value is -3.07. The van der Waals surface area contributed by atoms with Gasteiger partial charge in [0.15, 0.2) is 0 Å². The molecule has 0 aromatic heterocycles. The number of sulfonamides is 1. The van der Waals surface area contributed by atoms with Crippen molar-refractivity contribution in [3.05, 3.63) is 53.1 Å². The minimum atomic E-state index is -3.97. The topological polar surface area (TPSA) is 116 Å². The minimum Gasteiger partial charge on any atom is -0.478 e. The fourth-order valence-electron chi connectivity index (χ4n) is 2.68. The van der Waals surface area contributed by atoms with Crippen molar-refractivity contribution < 1.29 is 23.1 Å². The summed E-state index contributed by atoms with van der Waals surface area (Å²) < 4.78 is 27.9. The minimum absolute atomic E-state index is 0.0967. The summed E-state index contributed by atoms with van der Waals surface area (Å²) in [6, 6.07) is 8.51. The predicted molar refractivity (Wildman–Crippen MR) is 95.9 cm³/mol. The highest BCUT2D eigenvalue weighted by Gasteiger charge is 2.22. The zero-order chi connectivity index (χ0) is 19.1. The summed E-state index contributed by atoms with van der Waals surface area (Å²) in [5.74, 6) is -1.20. The molecule has 3 rings (SSSR count). The molecule has 3 N–H and O–H groups in total. The number of aromatic carboxylic acids is 1. The summed E-state index contributed by atoms with van der Waals surface area (Å²) in [6.45, 7) is 1.95. The van der Waals surface area contributed by atoms with E-state index in [1.165, 1.54) is 17.0 Å². The first-order chi connectivity index (χ1) is 12.2. The third-order valence-electron chi connectivity index (χ3n) is 4.08. The van der Waals surface area contributed by atoms with Gasteiger partial charge in [-0.3, -0.25) is 4.72 Å². The van der Waals surface area contributed by atoms with E-state index in [4.69, 9.17) is 5.11 Å². The van der Waals surface area contributed by atoms with Crippen LogP contribution in [0.15, 0.2) is 41.3 Å². The second-order valence-electron chi connectivity index (χ2n) is 6.05. The molecule has 0 unspecified atom stereocenters. The normalized spacial score (nSPS) is 13.8. The van der Waals surface area contributed by atoms with Gasteiger partial charge in [0.1, 0.15) is 0 Å². The van der Waals surface area contributed by atoms with Crippen molar-refractivity contribution >= 4 is 33.4 Å². The number of benzene rings is 2. The number of amides is 2. The maximum absolute atomic E-state index is 12.7. The van der Waals surface area contributed by atoms with Crippen LogP contribution in [-0.4, -0.2) is 37.5 Å². The SMILES string of the molecule is Cc1ccc(C(=O)O)cc1S(=O)(=O)Nc1ccc2c(c1)CN(C)C(=O)N2. The Labute approximate surface area is 150 Å². The number of anilines is 2. The zero-order valence-corrected chi connectivity index (χ0v) is 14.9. The van der Waals surface area contributed by atoms with E-state index in [9.17, 15) is 18.0 Å². The quantitative estimate of drug-likeness (QED) is 0.759. The van der Waals surface area contributed by atoms with E-state index in [0.29, 0.717) is 23.5 Å². The third kappa shape index (κ3) is 3.33. The van der Waals surface area contributed by atoms with E-state index in [-0.39, 0.29) is 16.5 Å². The summed E-state index contributed by atoms with van der Waals surface area (Å²) in [5, 5.41) is 11.8. The van der Waals surface area contributed by atoms with Crippen molar-refractivity contribution in [3.8, 4) is 0 Å². The molecule has 2 aromatic carbocycles. The predicted octanol–water partition coefficient (Wildman–Crippen LogP) is 2.47. The first-order valence-electron chi connectivity index (χ1n) is 7.69. The Morgan fingerprint density at radius 1 is 1.23 bits per heavy atom. The highest BCUT2D eigenvalue weighted by atomic mass is 32.2. The van der Waals surface area contributed by atoms with E-state index >= 15 is 0 Å². The highest BCUT2D eigenvalue weighted by molar-refractivity contribution is 7.92. The largest absolute Gasteiger partial charge is 0.478 e. The lowest BCUT2D eigenvalue weighted by atomic mass is 10.1. The molecule has 1 heterocycles. The molecule has 1 aliphatic heterocycles. The smallest absolute Gasteiger partial charge is 0.335 e. The van der Waals surface area contributed by atoms with Gasteiger partial charge < -0.3 is 15.3 Å². The Bertz CT molecular complexity index is 1020. The second kappa shape index (κ2) is 6.34. The monoisotopic (exact) mass is 375 g/mol. The van der Waals surface area contributed by atoms with Gasteiger partial charge in [-0.05, 0) is 48.4 Å². The zero-order valence-electron chi connectivity index (χ0n) is 14.1. The van der Waals surface area contributed by atoms with Gasteiger partial charge >= 0.3 is 12.0 Å². The number of fused-ring (bicyclic) bond motifs is 1. The number of nitrogens with one attached hydrogen (secondary N) is 2. The number of hydrogen-bond acceptors (Lipinski definition) is 4. The van der Waals surface area contributed by atoms with Crippen LogP contribution >= 0.6 is 0 Å². The Morgan fingerprint density at radius 3 is 2.65 bits per heavy atom. The number of hydrogen-bond donors (Lipinski definition) is 3. The lowest BCUT2D eigenvalue weighted by Gasteiger charge is -2.26. The van der Waals surface area contributed by atoms with Crippen LogP contribution in [-0.2, 0) is 16.6 Å². The average Bonchev–Trinajstić information content (AvgIpc) is 2.56. The molecule has 0 atom stereocenters. The van der Waals surface area contributed by atoms with Crippen molar-refractivity contribution in [1.82, 2.24) is 4.90 Å². The van der Waals surface area contributed by atoms with Gasteiger partial charge in [-0.15, -0.1) is 0 Å². The molecule has 0 saturated heterocycles. The van der Waals surface area contributed by atoms with E-state index < -0.39 is 16.0 Å². The van der Waals surface area contributed by atoms with E-state index in [0.717, 1.165) is 11.6 Å². The van der Waals surface area contributed by atoms with E-state index in [1.54, 1.807) is 32.2 Å². The lowest BCUT2D eigenvalue weighted by molar-refractivity contribution is 0.0696. The number of carbonyl (C=O) groups is 2. The summed E-state index contributed by atoms with van der Waals surface area (Å²) in [5.41, 5.74) is 2.05. The molecule has 0 aliphatic carbocycles. The average molecular weight is 375 g/mol. The Balaban J connectivity index is 1.94. The van der Waals surface area contributed by atoms with Crippen molar-refractivity contribution in [1.29, 1.82) is 0 Å². The third-order valence-corrected chi connectivity index (χ3v) is 5.60. The van der Waals surface area contributed by atoms with Gasteiger partial charge in [0.25, 0.3) is 10.0 Å². The molecule has 0 fully saturated rings. The van der Waals surface area contributed by atoms with Gasteiger partial charge in [0.2, 0.25) is 0 Å². The van der Waals surface area contributed by atoms with Gasteiger partial charge in [0.05, 0.1) is 10.5 Å². The van der Waals surface area contributed by atoms with E-state index in [1.807, 2.05) is 0 Å². The van der Waals surface area contributed by atoms with Crippen molar-refractivity contribution in [3.63, 3.8) is 0 Å². The Morgan fingerprint density at radius 2 is 1.96 bits per heavy atom. The maximum Gasteiger partial charge on any atom is 0.335 e. The van der Waals surface area contributed by atoms with Crippen LogP contribution in [0.5, 0.6) is 0 Å². The fourth-order valence-corrected chi connectivity index (χ4v) is 4.00. The van der Waals surface area contributed by atoms with Crippen molar-refractivity contribution in [2.45, 2.75) is 18.4 Å². The van der Waals surface area contributed by atoms with Crippen LogP contribution in [0.25, 0.3) is 0 Å². The van der Waals surface area contributed by atoms with Crippen LogP contribution in [0, 0.1) is 6.92 Å². The molecule has 2 amide bonds. The first-order valence-corrected chi connectivity index (χ1v) is 9.17. The van der Waals surface area contributed by atoms with Gasteiger partial charge in [0, 0.05) is 25.0 Å². The molecule has 0 bridgehead atoms. The molecule has 26 heavy (non-hydrogen) atoms. The van der Waals surface area contributed by atoms with Crippen molar-refractivity contribution in [2.24, 2.45) is 0 Å². The number of carboxylic acid groups (broad SMARTS) is 1. The molecule has 2 aromatic rings. The van der Waals surface area contributed by atoms with E-state index in [2.05, 4.69) is 10.0 Å². The number of rotatable bonds is 4. The molecule has 0 spiro atoms. The lowest BCUT2D eigenvalue weighted by Crippen LogP contribution is -2.35. The number of aryl methyl sites for hydroxylation is 1. The Kier molecular flexibility index (Phi) is 4.33. The standard InChI is InChI=1S/C17H17N3O5S/c1-10-3-4-11(16(21)22)8-15(10)26(24,25)19-13-5-6-14-12(7-13)9-20(2)17(23)18-14/h3-8,19H,9H2,1-2H3,(H,18,23)(H,21,22). The summed E-state index contributed by atoms with van der Waals surface area (Å²) in [7, 11) is -2.33. The van der Waals surface area contributed by atoms with Gasteiger partial charge in [-0.1, -0.05) is 6.07 Å². The van der Waals surface area contributed by atoms with Gasteiger partial charge in [-0.25, -0.2) is 18.0 Å². The summed E-state index contributed by atoms with van der Waals surface area (Å²) in [4.78, 5) is 24.1. The fraction of sp³-hybridized carbons (Fsp3) is 0.176. The molecular weight excluding hydrogens is 358 g/mol. The highest BCUT2D eigenvalue weighted by Crippen LogP contribution is 2.27. The molecule has 1 aliphatic rings. The number of urea groups is 1. The second-order valence-corrected chi connectivity index (χ2v) is 7.70. The molecule has 8 nitrogen and oxygen atoms in total. The van der Waals surface area contributed by atoms with Crippen LogP contribution < -0.4 is 10.0 Å². The number of carbonyl (C=O) groups excluding carboxylic acids is 1. The number of nitrogens with zero attached hydrogens (tertiary/aromatic N) is 1. The first kappa shape index (κ1) is 17.7. The summed E-state index contributed by atoms with van der Waals surface area (Å²) >= 11 is 0. The number of carboxylic acids is 1. The maximum atomic E-state index is 12.7. The molecule has 0 saturated carbocycles. The van der Waals surface area contributed by atoms with Crippen LogP contribution in [0.1, 0.15) is 21.5 Å². The van der Waals surface area contributed by atoms with Gasteiger partial charge in [-0.2, -0.15) is 0 Å². The molecule has 136 valence electrons. The van der Waals surface area contributed by atoms with Crippen LogP contribution in [0.3, 0.4) is 0 Å².